The van der Waals surface area contributed by atoms with Crippen LogP contribution in [0.4, 0.5) is 8.78 Å². The number of carbonyl (C=O) groups is 1. The second-order valence-electron chi connectivity index (χ2n) is 6.40. The van der Waals surface area contributed by atoms with E-state index in [-0.39, 0.29) is 42.0 Å². The van der Waals surface area contributed by atoms with Gasteiger partial charge in [-0.25, -0.2) is 8.78 Å². The standard InChI is InChI=1S/C20H22F2N2O.2ClH/c21-17-7-5-16(6-8-17)15-24-13-11-23(12-14-24)10-9-20(25)18-3-1-2-4-19(18)22;;/h1-8H,9-15H2;2*1H. The molecule has 0 unspecified atom stereocenters. The first-order chi connectivity index (χ1) is 12.1. The number of nitrogens with zero attached hydrogens (tertiary/aromatic N) is 2. The van der Waals surface area contributed by atoms with Crippen molar-refractivity contribution in [1.82, 2.24) is 9.80 Å². The highest BCUT2D eigenvalue weighted by molar-refractivity contribution is 5.96. The van der Waals surface area contributed by atoms with Gasteiger partial charge in [-0.1, -0.05) is 24.3 Å². The first kappa shape index (κ1) is 23.5. The summed E-state index contributed by atoms with van der Waals surface area (Å²) in [5, 5.41) is 0. The molecule has 3 nitrogen and oxygen atoms in total. The van der Waals surface area contributed by atoms with Gasteiger partial charge in [-0.15, -0.1) is 24.8 Å². The Labute approximate surface area is 171 Å². The fraction of sp³-hybridized carbons (Fsp3) is 0.350. The number of benzene rings is 2. The van der Waals surface area contributed by atoms with E-state index in [4.69, 9.17) is 0 Å². The molecular weight excluding hydrogens is 393 g/mol. The average molecular weight is 417 g/mol. The SMILES string of the molecule is Cl.Cl.O=C(CCN1CCN(Cc2ccc(F)cc2)CC1)c1ccccc1F. The van der Waals surface area contributed by atoms with Gasteiger partial charge in [0.15, 0.2) is 5.78 Å². The minimum Gasteiger partial charge on any atom is -0.300 e. The molecule has 2 aromatic carbocycles. The van der Waals surface area contributed by atoms with Gasteiger partial charge in [-0.05, 0) is 29.8 Å². The fourth-order valence-corrected chi connectivity index (χ4v) is 3.10. The molecule has 148 valence electrons. The van der Waals surface area contributed by atoms with E-state index in [0.29, 0.717) is 13.0 Å². The van der Waals surface area contributed by atoms with Gasteiger partial charge in [0.1, 0.15) is 11.6 Å². The van der Waals surface area contributed by atoms with Crippen LogP contribution in [0.15, 0.2) is 48.5 Å². The highest BCUT2D eigenvalue weighted by atomic mass is 35.5. The Bertz CT molecular complexity index is 720. The number of hydrogen-bond donors (Lipinski definition) is 0. The maximum atomic E-state index is 13.6. The van der Waals surface area contributed by atoms with E-state index >= 15 is 0 Å². The summed E-state index contributed by atoms with van der Waals surface area (Å²) in [6.45, 7) is 5.04. The van der Waals surface area contributed by atoms with Crippen molar-refractivity contribution in [3.63, 3.8) is 0 Å². The van der Waals surface area contributed by atoms with Gasteiger partial charge in [-0.3, -0.25) is 9.69 Å². The van der Waals surface area contributed by atoms with Crippen molar-refractivity contribution in [1.29, 1.82) is 0 Å². The van der Waals surface area contributed by atoms with E-state index in [2.05, 4.69) is 9.80 Å². The van der Waals surface area contributed by atoms with Gasteiger partial charge in [0.05, 0.1) is 5.56 Å². The summed E-state index contributed by atoms with van der Waals surface area (Å²) < 4.78 is 26.6. The zero-order valence-electron chi connectivity index (χ0n) is 14.9. The summed E-state index contributed by atoms with van der Waals surface area (Å²) in [4.78, 5) is 16.7. The van der Waals surface area contributed by atoms with Gasteiger partial charge in [0, 0.05) is 45.7 Å². The highest BCUT2D eigenvalue weighted by Crippen LogP contribution is 2.12. The molecule has 0 atom stereocenters. The molecule has 0 bridgehead atoms. The van der Waals surface area contributed by atoms with E-state index in [1.54, 1.807) is 12.1 Å². The quantitative estimate of drug-likeness (QED) is 0.659. The van der Waals surface area contributed by atoms with Crippen LogP contribution >= 0.6 is 24.8 Å². The van der Waals surface area contributed by atoms with Crippen LogP contribution in [0.5, 0.6) is 0 Å². The Hall–Kier alpha value is -1.53. The number of halogens is 4. The van der Waals surface area contributed by atoms with Crippen LogP contribution in [0.25, 0.3) is 0 Å². The van der Waals surface area contributed by atoms with Crippen molar-refractivity contribution in [2.75, 3.05) is 32.7 Å². The van der Waals surface area contributed by atoms with Crippen LogP contribution in [-0.2, 0) is 6.54 Å². The lowest BCUT2D eigenvalue weighted by Crippen LogP contribution is -2.46. The predicted molar refractivity (Wildman–Crippen MR) is 108 cm³/mol. The molecule has 0 saturated carbocycles. The van der Waals surface area contributed by atoms with Crippen molar-refractivity contribution < 1.29 is 13.6 Å². The number of hydrogen-bond acceptors (Lipinski definition) is 3. The molecule has 0 amide bonds. The Balaban J connectivity index is 0.00000182. The van der Waals surface area contributed by atoms with Crippen LogP contribution in [-0.4, -0.2) is 48.3 Å². The topological polar surface area (TPSA) is 23.6 Å². The van der Waals surface area contributed by atoms with Crippen molar-refractivity contribution in [3.05, 3.63) is 71.3 Å². The Morgan fingerprint density at radius 1 is 0.852 bits per heavy atom. The minimum absolute atomic E-state index is 0. The summed E-state index contributed by atoms with van der Waals surface area (Å²) in [7, 11) is 0. The molecule has 1 fully saturated rings. The van der Waals surface area contributed by atoms with Gasteiger partial charge >= 0.3 is 0 Å². The van der Waals surface area contributed by atoms with Crippen LogP contribution in [0.1, 0.15) is 22.3 Å². The van der Waals surface area contributed by atoms with Crippen LogP contribution in [0.3, 0.4) is 0 Å². The van der Waals surface area contributed by atoms with Gasteiger partial charge in [-0.2, -0.15) is 0 Å². The summed E-state index contributed by atoms with van der Waals surface area (Å²) in [5.41, 5.74) is 1.28. The van der Waals surface area contributed by atoms with Crippen molar-refractivity contribution >= 4 is 30.6 Å². The molecule has 27 heavy (non-hydrogen) atoms. The number of ketones is 1. The summed E-state index contributed by atoms with van der Waals surface area (Å²) in [5.74, 6) is -0.809. The van der Waals surface area contributed by atoms with Crippen LogP contribution in [0.2, 0.25) is 0 Å². The first-order valence-corrected chi connectivity index (χ1v) is 8.59. The lowest BCUT2D eigenvalue weighted by atomic mass is 10.1. The summed E-state index contributed by atoms with van der Waals surface area (Å²) in [6, 6.07) is 12.7. The summed E-state index contributed by atoms with van der Waals surface area (Å²) >= 11 is 0. The monoisotopic (exact) mass is 416 g/mol. The molecular formula is C20H24Cl2F2N2O. The van der Waals surface area contributed by atoms with Gasteiger partial charge < -0.3 is 4.90 Å². The number of Topliss-reactive ketones (excluding diaryl/α,β-unsaturated/α-hetero) is 1. The second kappa shape index (κ2) is 11.3. The van der Waals surface area contributed by atoms with E-state index in [0.717, 1.165) is 38.3 Å². The highest BCUT2D eigenvalue weighted by Gasteiger charge is 2.18. The molecule has 0 aromatic heterocycles. The fourth-order valence-electron chi connectivity index (χ4n) is 3.10. The maximum absolute atomic E-state index is 13.6. The van der Waals surface area contributed by atoms with Gasteiger partial charge in [0.2, 0.25) is 0 Å². The van der Waals surface area contributed by atoms with Crippen LogP contribution in [0, 0.1) is 11.6 Å². The van der Waals surface area contributed by atoms with E-state index in [1.165, 1.54) is 24.3 Å². The maximum Gasteiger partial charge on any atom is 0.167 e. The normalized spacial score (nSPS) is 14.9. The number of carbonyl (C=O) groups excluding carboxylic acids is 1. The minimum atomic E-state index is -0.448. The van der Waals surface area contributed by atoms with Crippen molar-refractivity contribution in [3.8, 4) is 0 Å². The average Bonchev–Trinajstić information content (AvgIpc) is 2.63. The smallest absolute Gasteiger partial charge is 0.167 e. The Morgan fingerprint density at radius 2 is 1.44 bits per heavy atom. The number of piperazine rings is 1. The molecule has 1 aliphatic heterocycles. The third-order valence-corrected chi connectivity index (χ3v) is 4.61. The molecule has 7 heteroatoms. The zero-order chi connectivity index (χ0) is 17.6. The molecule has 1 aliphatic rings. The first-order valence-electron chi connectivity index (χ1n) is 8.59. The third-order valence-electron chi connectivity index (χ3n) is 4.61. The molecule has 2 aromatic rings. The molecule has 1 heterocycles. The molecule has 0 radical (unpaired) electrons. The molecule has 1 saturated heterocycles. The third kappa shape index (κ3) is 6.85. The number of rotatable bonds is 6. The zero-order valence-corrected chi connectivity index (χ0v) is 16.6. The Morgan fingerprint density at radius 3 is 2.07 bits per heavy atom. The Kier molecular flexibility index (Phi) is 9.88. The lowest BCUT2D eigenvalue weighted by molar-refractivity contribution is 0.0919. The molecule has 0 aliphatic carbocycles. The van der Waals surface area contributed by atoms with E-state index in [9.17, 15) is 13.6 Å². The van der Waals surface area contributed by atoms with E-state index < -0.39 is 5.82 Å². The van der Waals surface area contributed by atoms with Crippen molar-refractivity contribution in [2.24, 2.45) is 0 Å². The largest absolute Gasteiger partial charge is 0.300 e. The molecule has 0 spiro atoms. The second-order valence-corrected chi connectivity index (χ2v) is 6.40. The van der Waals surface area contributed by atoms with Gasteiger partial charge in [0.25, 0.3) is 0 Å². The molecule has 3 rings (SSSR count). The van der Waals surface area contributed by atoms with Crippen molar-refractivity contribution in [2.45, 2.75) is 13.0 Å². The lowest BCUT2D eigenvalue weighted by Gasteiger charge is -2.34. The predicted octanol–water partition coefficient (Wildman–Crippen LogP) is 4.20. The summed E-state index contributed by atoms with van der Waals surface area (Å²) in [6.07, 6.45) is 0.332. The van der Waals surface area contributed by atoms with E-state index in [1.807, 2.05) is 12.1 Å². The van der Waals surface area contributed by atoms with Crippen LogP contribution < -0.4 is 0 Å². The molecule has 0 N–H and O–H groups in total.